The first kappa shape index (κ1) is 32.0. The molecule has 2 heteroatoms. The molecule has 9 aromatic carbocycles. The van der Waals surface area contributed by atoms with Crippen LogP contribution in [0.2, 0.25) is 0 Å². The summed E-state index contributed by atoms with van der Waals surface area (Å²) in [6.07, 6.45) is 7.65. The zero-order valence-electron chi connectivity index (χ0n) is 29.5. The van der Waals surface area contributed by atoms with Crippen molar-refractivity contribution < 1.29 is 9.84 Å². The third-order valence-corrected chi connectivity index (χ3v) is 10.9. The molecule has 1 N–H and O–H groups in total. The van der Waals surface area contributed by atoms with Crippen LogP contribution < -0.4 is 4.74 Å². The average Bonchev–Trinajstić information content (AvgIpc) is 3.21. The van der Waals surface area contributed by atoms with Crippen LogP contribution in [0.25, 0.3) is 111 Å². The quantitative estimate of drug-likeness (QED) is 0.170. The van der Waals surface area contributed by atoms with Gasteiger partial charge in [-0.15, -0.1) is 0 Å². The molecule has 0 radical (unpaired) electrons. The normalized spacial score (nSPS) is 11.5. The fraction of sp³-hybridized carbons (Fsp3) is 0.0196. The molecule has 0 aliphatic carbocycles. The van der Waals surface area contributed by atoms with Gasteiger partial charge in [0.1, 0.15) is 11.5 Å². The number of hydrogen-bond donors (Lipinski definition) is 1. The van der Waals surface area contributed by atoms with E-state index < -0.39 is 0 Å². The predicted molar refractivity (Wildman–Crippen MR) is 231 cm³/mol. The molecular weight excluding hydrogens is 645 g/mol. The van der Waals surface area contributed by atoms with Gasteiger partial charge in [-0.25, -0.2) is 0 Å². The summed E-state index contributed by atoms with van der Waals surface area (Å²) in [5, 5.41) is 24.0. The Bertz CT molecular complexity index is 3050. The van der Waals surface area contributed by atoms with E-state index in [1.165, 1.54) is 16.2 Å². The summed E-state index contributed by atoms with van der Waals surface area (Å²) in [6, 6.07) is 42.7. The van der Waals surface area contributed by atoms with Gasteiger partial charge in [0.15, 0.2) is 0 Å². The number of hydrogen-bond acceptors (Lipinski definition) is 2. The SMILES string of the molecule is C=Cc1c(C=C)c2cc(-c3ccc(-c4cc5c(C=C)c(C=C)c6cc(OC)ccc6c5c5ccccc45)cc3)c3ccccc3c2c2ccc(O)cc12. The smallest absolute Gasteiger partial charge is 0.119 e. The van der Waals surface area contributed by atoms with Crippen molar-refractivity contribution >= 4 is 88.9 Å². The molecule has 0 saturated carbocycles. The highest BCUT2D eigenvalue weighted by atomic mass is 16.5. The Morgan fingerprint density at radius 1 is 0.415 bits per heavy atom. The van der Waals surface area contributed by atoms with Gasteiger partial charge in [0, 0.05) is 0 Å². The minimum Gasteiger partial charge on any atom is -0.508 e. The first-order valence-corrected chi connectivity index (χ1v) is 17.7. The molecule has 0 spiro atoms. The number of benzene rings is 9. The molecule has 252 valence electrons. The molecule has 0 atom stereocenters. The van der Waals surface area contributed by atoms with E-state index in [0.717, 1.165) is 98.7 Å². The number of ether oxygens (including phenoxy) is 1. The number of rotatable bonds is 7. The van der Waals surface area contributed by atoms with E-state index in [1.807, 2.05) is 42.5 Å². The van der Waals surface area contributed by atoms with Gasteiger partial charge >= 0.3 is 0 Å². The molecule has 0 amide bonds. The summed E-state index contributed by atoms with van der Waals surface area (Å²) in [7, 11) is 1.70. The molecule has 0 aliphatic rings. The van der Waals surface area contributed by atoms with E-state index in [4.69, 9.17) is 4.74 Å². The summed E-state index contributed by atoms with van der Waals surface area (Å²) in [5.74, 6) is 1.04. The van der Waals surface area contributed by atoms with Gasteiger partial charge in [0.05, 0.1) is 7.11 Å². The second kappa shape index (κ2) is 12.4. The van der Waals surface area contributed by atoms with E-state index >= 15 is 0 Å². The lowest BCUT2D eigenvalue weighted by atomic mass is 9.84. The summed E-state index contributed by atoms with van der Waals surface area (Å²) in [6.45, 7) is 16.8. The summed E-state index contributed by atoms with van der Waals surface area (Å²) in [5.41, 5.74) is 8.63. The number of methoxy groups -OCH3 is 1. The Morgan fingerprint density at radius 2 is 0.811 bits per heavy atom. The molecule has 0 saturated heterocycles. The third-order valence-electron chi connectivity index (χ3n) is 10.9. The van der Waals surface area contributed by atoms with Crippen molar-refractivity contribution in [2.24, 2.45) is 0 Å². The Kier molecular flexibility index (Phi) is 7.50. The highest BCUT2D eigenvalue weighted by Crippen LogP contribution is 2.46. The summed E-state index contributed by atoms with van der Waals surface area (Å²) in [4.78, 5) is 0. The van der Waals surface area contributed by atoms with Crippen molar-refractivity contribution in [2.75, 3.05) is 7.11 Å². The van der Waals surface area contributed by atoms with E-state index in [2.05, 4.69) is 123 Å². The van der Waals surface area contributed by atoms with Crippen LogP contribution >= 0.6 is 0 Å². The Hall–Kier alpha value is -6.90. The van der Waals surface area contributed by atoms with E-state index in [1.54, 1.807) is 13.2 Å². The van der Waals surface area contributed by atoms with Crippen LogP contribution in [0, 0.1) is 0 Å². The van der Waals surface area contributed by atoms with E-state index in [0.29, 0.717) is 0 Å². The van der Waals surface area contributed by atoms with Gasteiger partial charge in [-0.05, 0) is 146 Å². The minimum atomic E-state index is 0.228. The average molecular weight is 681 g/mol. The first-order valence-electron chi connectivity index (χ1n) is 17.7. The number of fused-ring (bicyclic) bond motifs is 10. The van der Waals surface area contributed by atoms with Gasteiger partial charge in [-0.3, -0.25) is 0 Å². The van der Waals surface area contributed by atoms with Gasteiger partial charge in [0.2, 0.25) is 0 Å². The standard InChI is InChI=1S/C51H36O2/c1-6-34-36(8-3)48-28-44(38-14-10-12-16-40(38)50(48)42-24-22-32(52)26-46(34)42)30-18-20-31(21-19-30)45-29-49-37(9-4)35(7-2)47-27-33(53-5)23-25-43(47)51(49)41-17-13-11-15-39(41)45/h6-29,52H,1-4H2,5H3. The molecule has 0 heterocycles. The molecule has 53 heavy (non-hydrogen) atoms. The molecular formula is C51H36O2. The van der Waals surface area contributed by atoms with Crippen LogP contribution in [0.4, 0.5) is 0 Å². The van der Waals surface area contributed by atoms with Gasteiger partial charge in [0.25, 0.3) is 0 Å². The van der Waals surface area contributed by atoms with Crippen molar-refractivity contribution in [3.05, 3.63) is 170 Å². The van der Waals surface area contributed by atoms with Crippen LogP contribution in [0.1, 0.15) is 22.3 Å². The van der Waals surface area contributed by atoms with Crippen molar-refractivity contribution in [2.45, 2.75) is 0 Å². The minimum absolute atomic E-state index is 0.228. The second-order valence-corrected chi connectivity index (χ2v) is 13.5. The third kappa shape index (κ3) is 4.73. The lowest BCUT2D eigenvalue weighted by Crippen LogP contribution is -1.94. The molecule has 9 aromatic rings. The van der Waals surface area contributed by atoms with Crippen LogP contribution in [-0.2, 0) is 0 Å². The lowest BCUT2D eigenvalue weighted by molar-refractivity contribution is 0.415. The van der Waals surface area contributed by atoms with Gasteiger partial charge < -0.3 is 9.84 Å². The molecule has 0 bridgehead atoms. The maximum absolute atomic E-state index is 10.4. The number of phenols is 1. The maximum Gasteiger partial charge on any atom is 0.119 e. The Morgan fingerprint density at radius 3 is 1.26 bits per heavy atom. The summed E-state index contributed by atoms with van der Waals surface area (Å²) < 4.78 is 5.62. The molecule has 2 nitrogen and oxygen atoms in total. The predicted octanol–water partition coefficient (Wildman–Crippen LogP) is 14.2. The second-order valence-electron chi connectivity index (χ2n) is 13.5. The van der Waals surface area contributed by atoms with Crippen molar-refractivity contribution in [3.8, 4) is 33.8 Å². The van der Waals surface area contributed by atoms with Crippen LogP contribution in [-0.4, -0.2) is 12.2 Å². The van der Waals surface area contributed by atoms with Crippen LogP contribution in [0.3, 0.4) is 0 Å². The highest BCUT2D eigenvalue weighted by Gasteiger charge is 2.19. The van der Waals surface area contributed by atoms with Crippen molar-refractivity contribution in [3.63, 3.8) is 0 Å². The number of aromatic hydroxyl groups is 1. The van der Waals surface area contributed by atoms with Gasteiger partial charge in [-0.1, -0.05) is 136 Å². The molecule has 0 unspecified atom stereocenters. The van der Waals surface area contributed by atoms with Crippen molar-refractivity contribution in [1.29, 1.82) is 0 Å². The molecule has 9 rings (SSSR count). The number of phenolic OH excluding ortho intramolecular Hbond substituents is 1. The van der Waals surface area contributed by atoms with E-state index in [9.17, 15) is 5.11 Å². The van der Waals surface area contributed by atoms with Crippen LogP contribution in [0.5, 0.6) is 11.5 Å². The summed E-state index contributed by atoms with van der Waals surface area (Å²) >= 11 is 0. The zero-order chi connectivity index (χ0) is 36.4. The fourth-order valence-electron chi connectivity index (χ4n) is 8.59. The first-order chi connectivity index (χ1) is 26.0. The van der Waals surface area contributed by atoms with Crippen molar-refractivity contribution in [1.82, 2.24) is 0 Å². The zero-order valence-corrected chi connectivity index (χ0v) is 29.5. The molecule has 0 aliphatic heterocycles. The topological polar surface area (TPSA) is 29.5 Å². The Labute approximate surface area is 308 Å². The maximum atomic E-state index is 10.4. The highest BCUT2D eigenvalue weighted by molar-refractivity contribution is 6.28. The molecule has 0 aromatic heterocycles. The largest absolute Gasteiger partial charge is 0.508 e. The Balaban J connectivity index is 1.29. The monoisotopic (exact) mass is 680 g/mol. The lowest BCUT2D eigenvalue weighted by Gasteiger charge is -2.19. The van der Waals surface area contributed by atoms with Crippen LogP contribution in [0.15, 0.2) is 148 Å². The fourth-order valence-corrected chi connectivity index (χ4v) is 8.59. The van der Waals surface area contributed by atoms with E-state index in [-0.39, 0.29) is 5.75 Å². The van der Waals surface area contributed by atoms with Gasteiger partial charge in [-0.2, -0.15) is 0 Å². The molecule has 0 fully saturated rings.